The molecule has 0 spiro atoms. The number of rotatable bonds is 6. The van der Waals surface area contributed by atoms with E-state index < -0.39 is 0 Å². The molecule has 0 aliphatic heterocycles. The molecule has 0 unspecified atom stereocenters. The lowest BCUT2D eigenvalue weighted by Crippen LogP contribution is -2.28. The highest BCUT2D eigenvalue weighted by atomic mass is 32.1. The van der Waals surface area contributed by atoms with Crippen LogP contribution in [0.4, 0.5) is 0 Å². The van der Waals surface area contributed by atoms with Gasteiger partial charge in [0.15, 0.2) is 0 Å². The van der Waals surface area contributed by atoms with Crippen molar-refractivity contribution in [2.75, 3.05) is 13.7 Å². The first kappa shape index (κ1) is 13.4. The van der Waals surface area contributed by atoms with Gasteiger partial charge in [-0.25, -0.2) is 0 Å². The second kappa shape index (κ2) is 6.85. The Hall–Kier alpha value is -1.62. The molecule has 0 saturated carbocycles. The Labute approximate surface area is 106 Å². The molecule has 0 aliphatic rings. The Bertz CT molecular complexity index is 390. The van der Waals surface area contributed by atoms with Crippen molar-refractivity contribution in [3.8, 4) is 5.75 Å². The molecular formula is C12H16N2O2S. The summed E-state index contributed by atoms with van der Waals surface area (Å²) in [5.74, 6) is 0.744. The third-order valence-electron chi connectivity index (χ3n) is 2.22. The summed E-state index contributed by atoms with van der Waals surface area (Å²) in [6.07, 6.45) is 0.880. The number of carbonyl (C=O) groups is 1. The van der Waals surface area contributed by atoms with Gasteiger partial charge >= 0.3 is 0 Å². The van der Waals surface area contributed by atoms with Crippen molar-refractivity contribution in [2.45, 2.75) is 12.8 Å². The van der Waals surface area contributed by atoms with Crippen molar-refractivity contribution in [1.29, 1.82) is 0 Å². The molecule has 1 amide bonds. The zero-order chi connectivity index (χ0) is 12.7. The third kappa shape index (κ3) is 5.31. The number of amides is 1. The van der Waals surface area contributed by atoms with Crippen molar-refractivity contribution in [2.24, 2.45) is 5.73 Å². The van der Waals surface area contributed by atoms with Crippen molar-refractivity contribution < 1.29 is 9.53 Å². The second-order valence-electron chi connectivity index (χ2n) is 3.59. The molecular weight excluding hydrogens is 236 g/mol. The number of carbonyl (C=O) groups excluding carboxylic acids is 1. The number of methoxy groups -OCH3 is 1. The van der Waals surface area contributed by atoms with Crippen LogP contribution in [0.5, 0.6) is 5.75 Å². The van der Waals surface area contributed by atoms with Crippen LogP contribution in [0.3, 0.4) is 0 Å². The number of nitrogens with two attached hydrogens (primary N) is 1. The van der Waals surface area contributed by atoms with Gasteiger partial charge in [0.2, 0.25) is 5.91 Å². The second-order valence-corrected chi connectivity index (χ2v) is 4.12. The Morgan fingerprint density at radius 2 is 2.06 bits per heavy atom. The van der Waals surface area contributed by atoms with E-state index in [4.69, 9.17) is 22.7 Å². The Morgan fingerprint density at radius 3 is 2.59 bits per heavy atom. The van der Waals surface area contributed by atoms with Crippen molar-refractivity contribution in [1.82, 2.24) is 5.32 Å². The maximum atomic E-state index is 11.5. The van der Waals surface area contributed by atoms with Gasteiger partial charge in [-0.05, 0) is 17.7 Å². The lowest BCUT2D eigenvalue weighted by Gasteiger charge is -2.05. The van der Waals surface area contributed by atoms with Gasteiger partial charge in [0.05, 0.1) is 18.5 Å². The van der Waals surface area contributed by atoms with Crippen LogP contribution in [0.2, 0.25) is 0 Å². The average molecular weight is 252 g/mol. The zero-order valence-corrected chi connectivity index (χ0v) is 10.5. The monoisotopic (exact) mass is 252 g/mol. The summed E-state index contributed by atoms with van der Waals surface area (Å²) in [6, 6.07) is 7.40. The minimum absolute atomic E-state index is 0.0357. The van der Waals surface area contributed by atoms with E-state index >= 15 is 0 Å². The highest BCUT2D eigenvalue weighted by molar-refractivity contribution is 7.80. The predicted octanol–water partition coefficient (Wildman–Crippen LogP) is 1.03. The normalized spacial score (nSPS) is 9.71. The molecule has 5 heteroatoms. The summed E-state index contributed by atoms with van der Waals surface area (Å²) < 4.78 is 5.04. The smallest absolute Gasteiger partial charge is 0.224 e. The fraction of sp³-hybridized carbons (Fsp3) is 0.333. The molecule has 4 nitrogen and oxygen atoms in total. The topological polar surface area (TPSA) is 64.3 Å². The van der Waals surface area contributed by atoms with Crippen molar-refractivity contribution >= 4 is 23.1 Å². The first-order valence-corrected chi connectivity index (χ1v) is 5.70. The van der Waals surface area contributed by atoms with Crippen LogP contribution in [-0.4, -0.2) is 24.6 Å². The molecule has 0 heterocycles. The van der Waals surface area contributed by atoms with E-state index in [0.29, 0.717) is 24.4 Å². The van der Waals surface area contributed by atoms with E-state index in [1.165, 1.54) is 0 Å². The van der Waals surface area contributed by atoms with Crippen molar-refractivity contribution in [3.63, 3.8) is 0 Å². The lowest BCUT2D eigenvalue weighted by atomic mass is 10.1. The maximum Gasteiger partial charge on any atom is 0.224 e. The molecule has 0 atom stereocenters. The molecule has 0 bridgehead atoms. The molecule has 0 radical (unpaired) electrons. The number of benzene rings is 1. The molecule has 0 saturated heterocycles. The van der Waals surface area contributed by atoms with E-state index in [2.05, 4.69) is 5.32 Å². The fourth-order valence-corrected chi connectivity index (χ4v) is 1.42. The van der Waals surface area contributed by atoms with Gasteiger partial charge in [-0.1, -0.05) is 24.4 Å². The van der Waals surface area contributed by atoms with Crippen LogP contribution >= 0.6 is 12.2 Å². The van der Waals surface area contributed by atoms with Gasteiger partial charge in [0.1, 0.15) is 5.75 Å². The van der Waals surface area contributed by atoms with Gasteiger partial charge in [0.25, 0.3) is 0 Å². The zero-order valence-electron chi connectivity index (χ0n) is 9.73. The molecule has 92 valence electrons. The Balaban J connectivity index is 2.37. The summed E-state index contributed by atoms with van der Waals surface area (Å²) in [5.41, 5.74) is 6.27. The van der Waals surface area contributed by atoms with Gasteiger partial charge in [0, 0.05) is 13.0 Å². The van der Waals surface area contributed by atoms with Crippen LogP contribution in [0, 0.1) is 0 Å². The molecule has 0 aliphatic carbocycles. The Morgan fingerprint density at radius 1 is 1.41 bits per heavy atom. The molecule has 3 N–H and O–H groups in total. The van der Waals surface area contributed by atoms with Gasteiger partial charge in [-0.3, -0.25) is 4.79 Å². The first-order chi connectivity index (χ1) is 8.11. The number of hydrogen-bond acceptors (Lipinski definition) is 3. The summed E-state index contributed by atoms with van der Waals surface area (Å²) in [6.45, 7) is 0.490. The standard InChI is InChI=1S/C12H16N2O2S/c1-16-10-4-2-9(3-5-10)8-12(15)14-7-6-11(13)17/h2-5H,6-8H2,1H3,(H2,13,17)(H,14,15). The van der Waals surface area contributed by atoms with Gasteiger partial charge in [-0.15, -0.1) is 0 Å². The average Bonchev–Trinajstić information content (AvgIpc) is 2.29. The minimum Gasteiger partial charge on any atom is -0.497 e. The number of nitrogens with one attached hydrogen (secondary N) is 1. The summed E-state index contributed by atoms with van der Waals surface area (Å²) in [5, 5.41) is 2.75. The predicted molar refractivity (Wildman–Crippen MR) is 71.1 cm³/mol. The largest absolute Gasteiger partial charge is 0.497 e. The van der Waals surface area contributed by atoms with Crippen LogP contribution in [0.25, 0.3) is 0 Å². The molecule has 1 rings (SSSR count). The highest BCUT2D eigenvalue weighted by Gasteiger charge is 2.03. The van der Waals surface area contributed by atoms with E-state index in [9.17, 15) is 4.79 Å². The van der Waals surface area contributed by atoms with Crippen LogP contribution in [0.1, 0.15) is 12.0 Å². The van der Waals surface area contributed by atoms with Crippen molar-refractivity contribution in [3.05, 3.63) is 29.8 Å². The molecule has 1 aromatic rings. The van der Waals surface area contributed by atoms with E-state index in [1.807, 2.05) is 24.3 Å². The third-order valence-corrected chi connectivity index (χ3v) is 2.42. The quantitative estimate of drug-likeness (QED) is 0.742. The summed E-state index contributed by atoms with van der Waals surface area (Å²) in [7, 11) is 1.61. The lowest BCUT2D eigenvalue weighted by molar-refractivity contribution is -0.120. The van der Waals surface area contributed by atoms with E-state index in [1.54, 1.807) is 7.11 Å². The van der Waals surface area contributed by atoms with Crippen LogP contribution in [-0.2, 0) is 11.2 Å². The Kier molecular flexibility index (Phi) is 5.42. The first-order valence-electron chi connectivity index (χ1n) is 5.29. The molecule has 17 heavy (non-hydrogen) atoms. The number of thiocarbonyl (C=S) groups is 1. The van der Waals surface area contributed by atoms with Crippen LogP contribution in [0.15, 0.2) is 24.3 Å². The van der Waals surface area contributed by atoms with Crippen LogP contribution < -0.4 is 15.8 Å². The van der Waals surface area contributed by atoms with E-state index in [0.717, 1.165) is 11.3 Å². The van der Waals surface area contributed by atoms with Gasteiger partial charge in [-0.2, -0.15) is 0 Å². The summed E-state index contributed by atoms with van der Waals surface area (Å²) >= 11 is 4.72. The van der Waals surface area contributed by atoms with E-state index in [-0.39, 0.29) is 5.91 Å². The fourth-order valence-electron chi connectivity index (χ4n) is 1.32. The van der Waals surface area contributed by atoms with Gasteiger partial charge < -0.3 is 15.8 Å². The number of hydrogen-bond donors (Lipinski definition) is 2. The summed E-state index contributed by atoms with van der Waals surface area (Å²) in [4.78, 5) is 11.9. The molecule has 1 aromatic carbocycles. The SMILES string of the molecule is COc1ccc(CC(=O)NCCC(N)=S)cc1. The highest BCUT2D eigenvalue weighted by Crippen LogP contribution is 2.11. The maximum absolute atomic E-state index is 11.5. The number of ether oxygens (including phenoxy) is 1. The minimum atomic E-state index is -0.0357. The molecule has 0 aromatic heterocycles. The molecule has 0 fully saturated rings.